The molecule has 2 amide bonds. The summed E-state index contributed by atoms with van der Waals surface area (Å²) in [5.41, 5.74) is -0.171. The predicted octanol–water partition coefficient (Wildman–Crippen LogP) is 1.50. The second kappa shape index (κ2) is 8.64. The average molecular weight is 452 g/mol. The van der Waals surface area contributed by atoms with Crippen LogP contribution in [-0.2, 0) is 29.8 Å². The summed E-state index contributed by atoms with van der Waals surface area (Å²) < 4.78 is 65.6. The van der Waals surface area contributed by atoms with Crippen molar-refractivity contribution in [2.24, 2.45) is 0 Å². The Balaban J connectivity index is 2.61. The zero-order valence-corrected chi connectivity index (χ0v) is 17.3. The number of carbonyl (C=O) groups excluding carboxylic acids is 2. The summed E-state index contributed by atoms with van der Waals surface area (Å²) >= 11 is 0. The Labute approximate surface area is 172 Å². The molecule has 158 valence electrons. The highest BCUT2D eigenvalue weighted by Gasteiger charge is 2.18. The van der Waals surface area contributed by atoms with Gasteiger partial charge in [0.15, 0.2) is 0 Å². The molecule has 2 aromatic rings. The third-order valence-electron chi connectivity index (χ3n) is 3.49. The van der Waals surface area contributed by atoms with E-state index in [0.29, 0.717) is 0 Å². The normalized spacial score (nSPS) is 11.2. The van der Waals surface area contributed by atoms with Crippen LogP contribution >= 0.6 is 0 Å². The van der Waals surface area contributed by atoms with Crippen LogP contribution in [-0.4, -0.2) is 37.8 Å². The van der Waals surface area contributed by atoms with Crippen molar-refractivity contribution in [1.82, 2.24) is 0 Å². The van der Waals surface area contributed by atoms with Crippen molar-refractivity contribution in [2.75, 3.05) is 10.6 Å². The molecule has 0 atom stereocenters. The van der Waals surface area contributed by atoms with Gasteiger partial charge in [0.05, 0.1) is 0 Å². The Morgan fingerprint density at radius 3 is 1.33 bits per heavy atom. The minimum atomic E-state index is -4.72. The Morgan fingerprint density at radius 1 is 0.733 bits per heavy atom. The number of anilines is 2. The molecule has 0 fully saturated rings. The molecule has 0 radical (unpaired) electrons. The average Bonchev–Trinajstić information content (AvgIpc) is 2.58. The molecule has 0 aliphatic carbocycles. The van der Waals surface area contributed by atoms with Gasteiger partial charge in [-0.1, -0.05) is 11.8 Å². The molecule has 0 aromatic heterocycles. The Morgan fingerprint density at radius 2 is 1.07 bits per heavy atom. The summed E-state index contributed by atoms with van der Waals surface area (Å²) in [7, 11) is -9.45. The second-order valence-electron chi connectivity index (χ2n) is 5.98. The highest BCUT2D eigenvalue weighted by atomic mass is 32.2. The number of hydrogen-bond acceptors (Lipinski definition) is 6. The zero-order valence-electron chi connectivity index (χ0n) is 15.6. The lowest BCUT2D eigenvalue weighted by atomic mass is 10.1. The lowest BCUT2D eigenvalue weighted by molar-refractivity contribution is -0.115. The van der Waals surface area contributed by atoms with Crippen LogP contribution in [0.5, 0.6) is 0 Å². The van der Waals surface area contributed by atoms with Crippen molar-refractivity contribution in [3.8, 4) is 11.8 Å². The maximum absolute atomic E-state index is 11.7. The van der Waals surface area contributed by atoms with Gasteiger partial charge in [-0.15, -0.1) is 0 Å². The minimum Gasteiger partial charge on any atom is -0.326 e. The van der Waals surface area contributed by atoms with Gasteiger partial charge >= 0.3 is 0 Å². The fraction of sp³-hybridized carbons (Fsp3) is 0.111. The van der Waals surface area contributed by atoms with E-state index in [1.807, 2.05) is 0 Å². The first kappa shape index (κ1) is 23.0. The SMILES string of the molecule is CC(=O)Nc1ccc(C#Cc2ccc(NC(C)=O)cc2S(=O)(=O)O)c(S(=O)(=O)O)c1. The summed E-state index contributed by atoms with van der Waals surface area (Å²) in [5.74, 6) is 3.92. The van der Waals surface area contributed by atoms with Crippen LogP contribution in [0.3, 0.4) is 0 Å². The highest BCUT2D eigenvalue weighted by molar-refractivity contribution is 7.86. The van der Waals surface area contributed by atoms with E-state index in [4.69, 9.17) is 0 Å². The number of amides is 2. The predicted molar refractivity (Wildman–Crippen MR) is 107 cm³/mol. The molecule has 4 N–H and O–H groups in total. The monoisotopic (exact) mass is 452 g/mol. The van der Waals surface area contributed by atoms with Crippen molar-refractivity contribution in [3.63, 3.8) is 0 Å². The van der Waals surface area contributed by atoms with Gasteiger partial charge in [-0.05, 0) is 36.4 Å². The molecule has 2 rings (SSSR count). The maximum Gasteiger partial charge on any atom is 0.295 e. The summed E-state index contributed by atoms with van der Waals surface area (Å²) in [6.45, 7) is 2.42. The van der Waals surface area contributed by atoms with E-state index >= 15 is 0 Å². The molecule has 0 aliphatic rings. The van der Waals surface area contributed by atoms with Crippen LogP contribution in [0.4, 0.5) is 11.4 Å². The number of carbonyl (C=O) groups is 2. The molecule has 30 heavy (non-hydrogen) atoms. The first-order chi connectivity index (χ1) is 13.8. The molecule has 0 spiro atoms. The van der Waals surface area contributed by atoms with Crippen LogP contribution in [0.1, 0.15) is 25.0 Å². The standard InChI is InChI=1S/C18H16N2O8S2/c1-11(21)19-15-7-5-13(17(9-15)29(23,24)25)3-4-14-6-8-16(20-12(2)22)10-18(14)30(26,27)28/h5-10H,1-2H3,(H,19,21)(H,20,22)(H,23,24,25)(H,26,27,28). The van der Waals surface area contributed by atoms with Crippen molar-refractivity contribution < 1.29 is 35.5 Å². The van der Waals surface area contributed by atoms with E-state index in [9.17, 15) is 35.5 Å². The van der Waals surface area contributed by atoms with E-state index in [1.165, 1.54) is 38.1 Å². The molecular formula is C18H16N2O8S2. The third-order valence-corrected chi connectivity index (χ3v) is 5.28. The van der Waals surface area contributed by atoms with Gasteiger partial charge < -0.3 is 10.6 Å². The van der Waals surface area contributed by atoms with Gasteiger partial charge in [0, 0.05) is 36.3 Å². The van der Waals surface area contributed by atoms with E-state index in [-0.39, 0.29) is 22.5 Å². The Bertz CT molecular complexity index is 1200. The first-order valence-corrected chi connectivity index (χ1v) is 11.0. The molecule has 12 heteroatoms. The van der Waals surface area contributed by atoms with Gasteiger partial charge in [-0.3, -0.25) is 18.7 Å². The molecule has 0 unspecified atom stereocenters. The summed E-state index contributed by atoms with van der Waals surface area (Å²) in [6.07, 6.45) is 0. The van der Waals surface area contributed by atoms with E-state index in [2.05, 4.69) is 22.5 Å². The van der Waals surface area contributed by atoms with Crippen molar-refractivity contribution in [1.29, 1.82) is 0 Å². The number of benzene rings is 2. The number of nitrogens with one attached hydrogen (secondary N) is 2. The van der Waals surface area contributed by atoms with E-state index in [1.54, 1.807) is 0 Å². The van der Waals surface area contributed by atoms with E-state index < -0.39 is 41.8 Å². The van der Waals surface area contributed by atoms with Crippen LogP contribution in [0.2, 0.25) is 0 Å². The molecule has 10 nitrogen and oxygen atoms in total. The summed E-state index contributed by atoms with van der Waals surface area (Å²) in [4.78, 5) is 21.1. The minimum absolute atomic E-state index is 0.0963. The largest absolute Gasteiger partial charge is 0.326 e. The van der Waals surface area contributed by atoms with E-state index in [0.717, 1.165) is 12.1 Å². The Kier molecular flexibility index (Phi) is 6.63. The van der Waals surface area contributed by atoms with Crippen molar-refractivity contribution in [2.45, 2.75) is 23.6 Å². The smallest absolute Gasteiger partial charge is 0.295 e. The van der Waals surface area contributed by atoms with Gasteiger partial charge in [-0.2, -0.15) is 16.8 Å². The quantitative estimate of drug-likeness (QED) is 0.400. The molecule has 2 aromatic carbocycles. The maximum atomic E-state index is 11.7. The fourth-order valence-corrected chi connectivity index (χ4v) is 3.72. The molecule has 0 saturated carbocycles. The van der Waals surface area contributed by atoms with Crippen LogP contribution < -0.4 is 10.6 Å². The summed E-state index contributed by atoms with van der Waals surface area (Å²) in [5, 5.41) is 4.72. The number of rotatable bonds is 4. The zero-order chi connectivity index (χ0) is 22.7. The van der Waals surface area contributed by atoms with Gasteiger partial charge in [0.25, 0.3) is 20.2 Å². The molecule has 0 heterocycles. The molecule has 0 bridgehead atoms. The number of hydrogen-bond donors (Lipinski definition) is 4. The van der Waals surface area contributed by atoms with Crippen LogP contribution in [0.25, 0.3) is 0 Å². The van der Waals surface area contributed by atoms with Gasteiger partial charge in [0.1, 0.15) is 9.79 Å². The van der Waals surface area contributed by atoms with Crippen LogP contribution in [0.15, 0.2) is 46.2 Å². The lowest BCUT2D eigenvalue weighted by Crippen LogP contribution is -2.08. The summed E-state index contributed by atoms with van der Waals surface area (Å²) in [6, 6.07) is 7.07. The topological polar surface area (TPSA) is 167 Å². The lowest BCUT2D eigenvalue weighted by Gasteiger charge is -2.07. The molecular weight excluding hydrogens is 436 g/mol. The second-order valence-corrected chi connectivity index (χ2v) is 8.76. The first-order valence-electron chi connectivity index (χ1n) is 8.07. The third kappa shape index (κ3) is 6.13. The molecule has 0 aliphatic heterocycles. The van der Waals surface area contributed by atoms with Crippen molar-refractivity contribution >= 4 is 43.4 Å². The fourth-order valence-electron chi connectivity index (χ4n) is 2.37. The Hall–Kier alpha value is -3.24. The highest BCUT2D eigenvalue weighted by Crippen LogP contribution is 2.22. The molecule has 0 saturated heterocycles. The van der Waals surface area contributed by atoms with Crippen molar-refractivity contribution in [3.05, 3.63) is 47.5 Å². The van der Waals surface area contributed by atoms with Crippen LogP contribution in [0, 0.1) is 11.8 Å². The van der Waals surface area contributed by atoms with Gasteiger partial charge in [0.2, 0.25) is 11.8 Å². The van der Waals surface area contributed by atoms with Gasteiger partial charge in [-0.25, -0.2) is 0 Å².